The Labute approximate surface area is 67.4 Å². The Morgan fingerprint density at radius 3 is 2.14 bits per heavy atom. The first kappa shape index (κ1) is 10.6. The third kappa shape index (κ3) is 10.8. The summed E-state index contributed by atoms with van der Waals surface area (Å²) < 4.78 is 13.0. The molecule has 0 fully saturated rings. The Bertz CT molecular complexity index is 73.3. The third-order valence-electron chi connectivity index (χ3n) is 0.151. The largest absolute Gasteiger partial charge is 1.00 e. The van der Waals surface area contributed by atoms with Gasteiger partial charge in [-0.2, -0.15) is 11.9 Å². The van der Waals surface area contributed by atoms with Crippen molar-refractivity contribution >= 4 is 17.9 Å². The van der Waals surface area contributed by atoms with Crippen LogP contribution in [0.25, 0.3) is 0 Å². The van der Waals surface area contributed by atoms with Gasteiger partial charge in [-0.05, 0) is 0 Å². The van der Waals surface area contributed by atoms with Crippen LogP contribution in [0.15, 0.2) is 0 Å². The zero-order valence-electron chi connectivity index (χ0n) is 4.13. The van der Waals surface area contributed by atoms with Crippen molar-refractivity contribution in [2.45, 2.75) is 6.92 Å². The van der Waals surface area contributed by atoms with E-state index in [1.807, 2.05) is 0 Å². The number of hydrogen-bond donors (Lipinski definition) is 0. The van der Waals surface area contributed by atoms with E-state index in [2.05, 4.69) is 4.18 Å². The summed E-state index contributed by atoms with van der Waals surface area (Å²) in [5.41, 5.74) is 0. The van der Waals surface area contributed by atoms with Gasteiger partial charge in [-0.15, -0.1) is 0 Å². The summed E-state index contributed by atoms with van der Waals surface area (Å²) in [6.45, 7) is 1.17. The van der Waals surface area contributed by atoms with E-state index in [0.29, 0.717) is 0 Å². The van der Waals surface area contributed by atoms with Gasteiger partial charge in [-0.3, -0.25) is 4.79 Å². The zero-order chi connectivity index (χ0) is 4.99. The molecule has 0 rings (SSSR count). The number of carbonyl (C=O) groups is 1. The van der Waals surface area contributed by atoms with E-state index in [4.69, 9.17) is 0 Å². The fourth-order valence-corrected chi connectivity index (χ4v) is 0.144. The normalized spacial score (nSPS) is 6.43. The summed E-state index contributed by atoms with van der Waals surface area (Å²) in [6, 6.07) is 0. The van der Waals surface area contributed by atoms with Crippen LogP contribution in [0.4, 0.5) is 0 Å². The first-order valence-corrected chi connectivity index (χ1v) is 1.91. The van der Waals surface area contributed by atoms with Gasteiger partial charge in [0.15, 0.2) is 0 Å². The average Bonchev–Trinajstić information content (AvgIpc) is 1.35. The van der Waals surface area contributed by atoms with Crippen LogP contribution in [0.1, 0.15) is 6.92 Å². The topological polar surface area (TPSA) is 43.4 Å². The minimum absolute atomic E-state index is 0. The van der Waals surface area contributed by atoms with Gasteiger partial charge in [-0.25, -0.2) is 0 Å². The summed E-state index contributed by atoms with van der Waals surface area (Å²) in [6.07, 6.45) is 0. The van der Waals surface area contributed by atoms with Gasteiger partial charge in [0.1, 0.15) is 0 Å². The summed E-state index contributed by atoms with van der Waals surface area (Å²) >= 11 is -0.190. The van der Waals surface area contributed by atoms with Gasteiger partial charge in [0.2, 0.25) is 0 Å². The molecule has 0 heterocycles. The van der Waals surface area contributed by atoms with E-state index in [9.17, 15) is 9.00 Å². The van der Waals surface area contributed by atoms with Gasteiger partial charge in [-0.1, -0.05) is 0 Å². The van der Waals surface area contributed by atoms with Crippen molar-refractivity contribution in [2.75, 3.05) is 0 Å². The molecule has 0 aromatic carbocycles. The Kier molecular flexibility index (Phi) is 10.00. The molecule has 0 amide bonds. The summed E-state index contributed by atoms with van der Waals surface area (Å²) in [4.78, 5) is 9.60. The maximum Gasteiger partial charge on any atom is 1.00 e. The van der Waals surface area contributed by atoms with Crippen molar-refractivity contribution in [3.8, 4) is 0 Å². The predicted octanol–water partition coefficient (Wildman–Crippen LogP) is -3.10. The van der Waals surface area contributed by atoms with Gasteiger partial charge >= 0.3 is 29.6 Å². The molecule has 0 aliphatic carbocycles. The van der Waals surface area contributed by atoms with Gasteiger partial charge < -0.3 is 8.39 Å². The fraction of sp³-hybridized carbons (Fsp3) is 0.500. The Balaban J connectivity index is 0. The molecule has 0 bridgehead atoms. The van der Waals surface area contributed by atoms with E-state index < -0.39 is 5.97 Å². The molecule has 7 heavy (non-hydrogen) atoms. The SMILES string of the molecule is CC(=O)O[S-]=O.[Na+]. The molecule has 0 aromatic rings. The summed E-state index contributed by atoms with van der Waals surface area (Å²) in [7, 11) is 0. The molecule has 0 saturated heterocycles. The van der Waals surface area contributed by atoms with Crippen molar-refractivity contribution in [3.05, 3.63) is 0 Å². The summed E-state index contributed by atoms with van der Waals surface area (Å²) in [5, 5.41) is 0. The first-order valence-electron chi connectivity index (χ1n) is 1.24. The Morgan fingerprint density at radius 1 is 1.71 bits per heavy atom. The molecule has 0 spiro atoms. The van der Waals surface area contributed by atoms with Crippen molar-refractivity contribution in [2.24, 2.45) is 0 Å². The molecule has 0 N–H and O–H groups in total. The fourth-order valence-electron chi connectivity index (χ4n) is 0.0479. The Hall–Kier alpha value is 0.620. The minimum atomic E-state index is -0.560. The maximum atomic E-state index is 9.60. The molecular formula is C2H3NaO3S. The first-order chi connectivity index (χ1) is 2.77. The van der Waals surface area contributed by atoms with Crippen LogP contribution in [0.5, 0.6) is 0 Å². The van der Waals surface area contributed by atoms with Crippen LogP contribution >= 0.6 is 0 Å². The van der Waals surface area contributed by atoms with Crippen LogP contribution in [-0.4, -0.2) is 5.97 Å². The monoisotopic (exact) mass is 130 g/mol. The van der Waals surface area contributed by atoms with Crippen molar-refractivity contribution < 1.29 is 42.7 Å². The number of carbonyl (C=O) groups excluding carboxylic acids is 1. The van der Waals surface area contributed by atoms with Crippen LogP contribution in [0.2, 0.25) is 0 Å². The molecular weight excluding hydrogens is 127 g/mol. The Morgan fingerprint density at radius 2 is 2.14 bits per heavy atom. The molecule has 0 saturated carbocycles. The van der Waals surface area contributed by atoms with Gasteiger partial charge in [0.25, 0.3) is 5.97 Å². The van der Waals surface area contributed by atoms with Crippen LogP contribution in [0, 0.1) is 0 Å². The molecule has 3 nitrogen and oxygen atoms in total. The smallest absolute Gasteiger partial charge is 0.556 e. The standard InChI is InChI=1S/C2H3O3S.Na/c1-2(3)5-6-4;/h1H3;/q-1;+1. The van der Waals surface area contributed by atoms with Crippen molar-refractivity contribution in [3.63, 3.8) is 0 Å². The number of hydrogen-bond acceptors (Lipinski definition) is 4. The predicted molar refractivity (Wildman–Crippen MR) is 19.8 cm³/mol. The summed E-state index contributed by atoms with van der Waals surface area (Å²) in [5.74, 6) is -0.560. The third-order valence-corrected chi connectivity index (χ3v) is 0.454. The maximum absolute atomic E-state index is 9.60. The second-order valence-corrected chi connectivity index (χ2v) is 0.946. The molecule has 0 radical (unpaired) electrons. The molecule has 0 unspecified atom stereocenters. The molecule has 5 heteroatoms. The van der Waals surface area contributed by atoms with Crippen LogP contribution in [-0.2, 0) is 25.1 Å². The van der Waals surface area contributed by atoms with E-state index in [1.54, 1.807) is 0 Å². The van der Waals surface area contributed by atoms with E-state index in [1.165, 1.54) is 6.92 Å². The molecule has 36 valence electrons. The molecule has 0 aliphatic rings. The molecule has 0 aromatic heterocycles. The minimum Gasteiger partial charge on any atom is -0.556 e. The van der Waals surface area contributed by atoms with E-state index in [-0.39, 0.29) is 41.5 Å². The van der Waals surface area contributed by atoms with Gasteiger partial charge in [0.05, 0.1) is 0 Å². The van der Waals surface area contributed by atoms with Crippen molar-refractivity contribution in [1.82, 2.24) is 0 Å². The zero-order valence-corrected chi connectivity index (χ0v) is 6.95. The second-order valence-electron chi connectivity index (χ2n) is 0.643. The van der Waals surface area contributed by atoms with Crippen LogP contribution in [0.3, 0.4) is 0 Å². The second kappa shape index (κ2) is 6.62. The molecule has 0 atom stereocenters. The quantitative estimate of drug-likeness (QED) is 0.214. The van der Waals surface area contributed by atoms with E-state index in [0.717, 1.165) is 0 Å². The van der Waals surface area contributed by atoms with Crippen molar-refractivity contribution in [1.29, 1.82) is 0 Å². The molecule has 0 aliphatic heterocycles. The average molecular weight is 130 g/mol. The number of rotatable bonds is 1. The van der Waals surface area contributed by atoms with Crippen LogP contribution < -0.4 is 29.6 Å². The van der Waals surface area contributed by atoms with E-state index >= 15 is 0 Å². The van der Waals surface area contributed by atoms with Gasteiger partial charge in [0, 0.05) is 6.92 Å².